The standard InChI is InChI=1S/C16H23NO2S/c1-11(9-18)12(2)17-16(19)10-20-15-7-6-13-4-3-5-14(13)8-15/h6-8,11-12,18H,3-5,9-10H2,1-2H3,(H,17,19). The van der Waals surface area contributed by atoms with Gasteiger partial charge >= 0.3 is 0 Å². The van der Waals surface area contributed by atoms with E-state index in [2.05, 4.69) is 23.5 Å². The zero-order valence-electron chi connectivity index (χ0n) is 12.2. The number of aliphatic hydroxyl groups excluding tert-OH is 1. The van der Waals surface area contributed by atoms with Gasteiger partial charge in [-0.15, -0.1) is 11.8 Å². The van der Waals surface area contributed by atoms with Crippen molar-refractivity contribution < 1.29 is 9.90 Å². The van der Waals surface area contributed by atoms with E-state index in [9.17, 15) is 4.79 Å². The minimum atomic E-state index is 0.00752. The molecule has 1 aromatic carbocycles. The molecule has 0 aliphatic heterocycles. The van der Waals surface area contributed by atoms with Gasteiger partial charge in [0.15, 0.2) is 0 Å². The van der Waals surface area contributed by atoms with Gasteiger partial charge in [-0.3, -0.25) is 4.79 Å². The molecule has 1 aromatic rings. The van der Waals surface area contributed by atoms with Gasteiger partial charge in [-0.2, -0.15) is 0 Å². The molecule has 110 valence electrons. The zero-order chi connectivity index (χ0) is 14.5. The number of aliphatic hydroxyl groups is 1. The first-order chi connectivity index (χ1) is 9.60. The van der Waals surface area contributed by atoms with E-state index >= 15 is 0 Å². The number of benzene rings is 1. The van der Waals surface area contributed by atoms with Crippen LogP contribution >= 0.6 is 11.8 Å². The number of carbonyl (C=O) groups is 1. The van der Waals surface area contributed by atoms with E-state index in [1.54, 1.807) is 11.8 Å². The molecule has 2 atom stereocenters. The lowest BCUT2D eigenvalue weighted by Crippen LogP contribution is -2.39. The fourth-order valence-electron chi connectivity index (χ4n) is 2.38. The van der Waals surface area contributed by atoms with Crippen LogP contribution in [0, 0.1) is 5.92 Å². The number of hydrogen-bond donors (Lipinski definition) is 2. The predicted molar refractivity (Wildman–Crippen MR) is 83.0 cm³/mol. The fourth-order valence-corrected chi connectivity index (χ4v) is 3.15. The Labute approximate surface area is 125 Å². The summed E-state index contributed by atoms with van der Waals surface area (Å²) in [6, 6.07) is 6.54. The molecule has 20 heavy (non-hydrogen) atoms. The third-order valence-electron chi connectivity index (χ3n) is 3.97. The molecule has 2 unspecified atom stereocenters. The normalized spacial score (nSPS) is 16.6. The maximum absolute atomic E-state index is 11.9. The maximum Gasteiger partial charge on any atom is 0.230 e. The van der Waals surface area contributed by atoms with E-state index in [-0.39, 0.29) is 24.5 Å². The van der Waals surface area contributed by atoms with Crippen LogP contribution in [0.15, 0.2) is 23.1 Å². The molecule has 0 spiro atoms. The molecule has 0 saturated heterocycles. The van der Waals surface area contributed by atoms with Crippen molar-refractivity contribution in [1.82, 2.24) is 5.32 Å². The van der Waals surface area contributed by atoms with Crippen LogP contribution in [-0.2, 0) is 17.6 Å². The summed E-state index contributed by atoms with van der Waals surface area (Å²) in [5, 5.41) is 12.0. The number of hydrogen-bond acceptors (Lipinski definition) is 3. The first-order valence-corrected chi connectivity index (χ1v) is 8.23. The molecule has 0 bridgehead atoms. The van der Waals surface area contributed by atoms with E-state index in [1.165, 1.54) is 35.3 Å². The van der Waals surface area contributed by atoms with Crippen LogP contribution in [0.5, 0.6) is 0 Å². The van der Waals surface area contributed by atoms with Gasteiger partial charge in [-0.25, -0.2) is 0 Å². The number of carbonyl (C=O) groups excluding carboxylic acids is 1. The van der Waals surface area contributed by atoms with Crippen LogP contribution in [0.25, 0.3) is 0 Å². The van der Waals surface area contributed by atoms with Gasteiger partial charge in [0.2, 0.25) is 5.91 Å². The summed E-state index contributed by atoms with van der Waals surface area (Å²) < 4.78 is 0. The maximum atomic E-state index is 11.9. The van der Waals surface area contributed by atoms with E-state index in [0.717, 1.165) is 0 Å². The van der Waals surface area contributed by atoms with Crippen LogP contribution < -0.4 is 5.32 Å². The van der Waals surface area contributed by atoms with Crippen molar-refractivity contribution in [3.05, 3.63) is 29.3 Å². The number of thioether (sulfide) groups is 1. The van der Waals surface area contributed by atoms with Gasteiger partial charge in [0, 0.05) is 17.5 Å². The van der Waals surface area contributed by atoms with Crippen molar-refractivity contribution in [2.75, 3.05) is 12.4 Å². The highest BCUT2D eigenvalue weighted by Crippen LogP contribution is 2.27. The quantitative estimate of drug-likeness (QED) is 0.792. The Morgan fingerprint density at radius 3 is 2.85 bits per heavy atom. The van der Waals surface area contributed by atoms with Gasteiger partial charge in [0.25, 0.3) is 0 Å². The molecule has 0 saturated carbocycles. The minimum absolute atomic E-state index is 0.00752. The summed E-state index contributed by atoms with van der Waals surface area (Å²) in [5.41, 5.74) is 2.90. The summed E-state index contributed by atoms with van der Waals surface area (Å²) in [6.45, 7) is 3.96. The highest BCUT2D eigenvalue weighted by molar-refractivity contribution is 8.00. The highest BCUT2D eigenvalue weighted by Gasteiger charge is 2.15. The molecule has 4 heteroatoms. The van der Waals surface area contributed by atoms with E-state index in [0.29, 0.717) is 5.75 Å². The fraction of sp³-hybridized carbons (Fsp3) is 0.562. The van der Waals surface area contributed by atoms with Crippen LogP contribution in [0.2, 0.25) is 0 Å². The summed E-state index contributed by atoms with van der Waals surface area (Å²) in [4.78, 5) is 13.0. The summed E-state index contributed by atoms with van der Waals surface area (Å²) >= 11 is 1.58. The van der Waals surface area contributed by atoms with Gasteiger partial charge in [0.1, 0.15) is 0 Å². The lowest BCUT2D eigenvalue weighted by atomic mass is 10.1. The Bertz CT molecular complexity index is 476. The van der Waals surface area contributed by atoms with E-state index in [4.69, 9.17) is 5.11 Å². The number of aryl methyl sites for hydroxylation is 2. The third kappa shape index (κ3) is 4.00. The van der Waals surface area contributed by atoms with Crippen molar-refractivity contribution in [1.29, 1.82) is 0 Å². The van der Waals surface area contributed by atoms with Crippen molar-refractivity contribution in [3.63, 3.8) is 0 Å². The average molecular weight is 293 g/mol. The second-order valence-electron chi connectivity index (χ2n) is 5.59. The highest BCUT2D eigenvalue weighted by atomic mass is 32.2. The lowest BCUT2D eigenvalue weighted by Gasteiger charge is -2.19. The van der Waals surface area contributed by atoms with Crippen molar-refractivity contribution in [3.8, 4) is 0 Å². The Morgan fingerprint density at radius 1 is 1.35 bits per heavy atom. The number of amides is 1. The molecule has 2 N–H and O–H groups in total. The molecular weight excluding hydrogens is 270 g/mol. The van der Waals surface area contributed by atoms with Crippen LogP contribution in [0.4, 0.5) is 0 Å². The van der Waals surface area contributed by atoms with E-state index < -0.39 is 0 Å². The SMILES string of the molecule is CC(CO)C(C)NC(=O)CSc1ccc2c(c1)CCC2. The topological polar surface area (TPSA) is 49.3 Å². The first kappa shape index (κ1) is 15.4. The first-order valence-electron chi connectivity index (χ1n) is 7.25. The van der Waals surface area contributed by atoms with Gasteiger partial charge in [-0.05, 0) is 55.4 Å². The minimum Gasteiger partial charge on any atom is -0.396 e. The van der Waals surface area contributed by atoms with Crippen LogP contribution in [0.3, 0.4) is 0 Å². The molecule has 2 rings (SSSR count). The number of nitrogens with one attached hydrogen (secondary N) is 1. The average Bonchev–Trinajstić information content (AvgIpc) is 2.91. The number of rotatable bonds is 6. The Balaban J connectivity index is 1.81. The zero-order valence-corrected chi connectivity index (χ0v) is 13.0. The van der Waals surface area contributed by atoms with Gasteiger partial charge < -0.3 is 10.4 Å². The van der Waals surface area contributed by atoms with Crippen LogP contribution in [-0.4, -0.2) is 29.4 Å². The predicted octanol–water partition coefficient (Wildman–Crippen LogP) is 2.40. The molecule has 0 fully saturated rings. The van der Waals surface area contributed by atoms with Crippen molar-refractivity contribution in [2.45, 2.75) is 44.0 Å². The third-order valence-corrected chi connectivity index (χ3v) is 4.96. The Hall–Kier alpha value is -1.00. The Kier molecular flexibility index (Phi) is 5.49. The van der Waals surface area contributed by atoms with Gasteiger partial charge in [-0.1, -0.05) is 13.0 Å². The molecule has 3 nitrogen and oxygen atoms in total. The lowest BCUT2D eigenvalue weighted by molar-refractivity contribution is -0.119. The Morgan fingerprint density at radius 2 is 2.10 bits per heavy atom. The molecule has 0 heterocycles. The molecule has 1 amide bonds. The summed E-state index contributed by atoms with van der Waals surface area (Å²) in [6.07, 6.45) is 3.61. The smallest absolute Gasteiger partial charge is 0.230 e. The van der Waals surface area contributed by atoms with Crippen molar-refractivity contribution in [2.24, 2.45) is 5.92 Å². The molecule has 0 radical (unpaired) electrons. The summed E-state index contributed by atoms with van der Waals surface area (Å²) in [5.74, 6) is 0.550. The second-order valence-corrected chi connectivity index (χ2v) is 6.64. The monoisotopic (exact) mass is 293 g/mol. The van der Waals surface area contributed by atoms with Gasteiger partial charge in [0.05, 0.1) is 5.75 Å². The molecule has 0 aromatic heterocycles. The van der Waals surface area contributed by atoms with E-state index in [1.807, 2.05) is 13.8 Å². The molecular formula is C16H23NO2S. The van der Waals surface area contributed by atoms with Crippen LogP contribution in [0.1, 0.15) is 31.4 Å². The summed E-state index contributed by atoms with van der Waals surface area (Å²) in [7, 11) is 0. The van der Waals surface area contributed by atoms with Crippen molar-refractivity contribution >= 4 is 17.7 Å². The number of fused-ring (bicyclic) bond motifs is 1. The molecule has 1 aliphatic carbocycles. The second kappa shape index (κ2) is 7.14. The largest absolute Gasteiger partial charge is 0.396 e. The molecule has 1 aliphatic rings.